The van der Waals surface area contributed by atoms with Crippen LogP contribution < -0.4 is 0 Å². The molecular formula is C46H42O13. The molecule has 2 heterocycles. The van der Waals surface area contributed by atoms with Gasteiger partial charge in [-0.25, -0.2) is 19.2 Å². The molecule has 0 unspecified atom stereocenters. The Hall–Kier alpha value is -6.22. The zero-order valence-corrected chi connectivity index (χ0v) is 32.0. The number of rotatable bonds is 16. The van der Waals surface area contributed by atoms with E-state index in [0.717, 1.165) is 5.56 Å². The third kappa shape index (κ3) is 10.5. The summed E-state index contributed by atoms with van der Waals surface area (Å²) in [6.45, 7) is -0.649. The molecular weight excluding hydrogens is 760 g/mol. The summed E-state index contributed by atoms with van der Waals surface area (Å²) in [5.41, 5.74) is 1.94. The van der Waals surface area contributed by atoms with Crippen molar-refractivity contribution in [3.05, 3.63) is 179 Å². The molecule has 2 saturated heterocycles. The van der Waals surface area contributed by atoms with Crippen molar-refractivity contribution in [2.24, 2.45) is 0 Å². The maximum absolute atomic E-state index is 13.6. The van der Waals surface area contributed by atoms with E-state index in [1.165, 1.54) is 7.11 Å². The van der Waals surface area contributed by atoms with E-state index >= 15 is 0 Å². The molecule has 0 amide bonds. The van der Waals surface area contributed by atoms with E-state index in [9.17, 15) is 19.2 Å². The Bertz CT molecular complexity index is 2120. The quantitative estimate of drug-likeness (QED) is 0.0821. The van der Waals surface area contributed by atoms with Crippen LogP contribution in [0.2, 0.25) is 0 Å². The normalized spacial score (nSPS) is 23.5. The summed E-state index contributed by atoms with van der Waals surface area (Å²) >= 11 is 0. The Morgan fingerprint density at radius 2 is 0.831 bits per heavy atom. The lowest BCUT2D eigenvalue weighted by atomic mass is 10.1. The zero-order chi connectivity index (χ0) is 41.0. The molecule has 2 aliphatic heterocycles. The number of methoxy groups -OCH3 is 1. The Morgan fingerprint density at radius 3 is 1.25 bits per heavy atom. The van der Waals surface area contributed by atoms with Crippen LogP contribution in [0.4, 0.5) is 0 Å². The van der Waals surface area contributed by atoms with E-state index in [-0.39, 0.29) is 30.9 Å². The van der Waals surface area contributed by atoms with Gasteiger partial charge in [0.15, 0.2) is 30.9 Å². The fourth-order valence-corrected chi connectivity index (χ4v) is 6.64. The molecule has 0 aliphatic carbocycles. The van der Waals surface area contributed by atoms with Crippen LogP contribution in [0.15, 0.2) is 152 Å². The highest BCUT2D eigenvalue weighted by Gasteiger charge is 2.55. The highest BCUT2D eigenvalue weighted by molar-refractivity contribution is 5.91. The summed E-state index contributed by atoms with van der Waals surface area (Å²) in [6.07, 6.45) is -9.45. The first-order chi connectivity index (χ1) is 28.9. The van der Waals surface area contributed by atoms with Crippen molar-refractivity contribution in [2.75, 3.05) is 20.3 Å². The molecule has 0 radical (unpaired) electrons. The van der Waals surface area contributed by atoms with Crippen molar-refractivity contribution < 1.29 is 61.8 Å². The van der Waals surface area contributed by atoms with Crippen molar-refractivity contribution in [1.29, 1.82) is 0 Å². The third-order valence-corrected chi connectivity index (χ3v) is 9.63. The molecule has 13 nitrogen and oxygen atoms in total. The first-order valence-electron chi connectivity index (χ1n) is 19.0. The Labute approximate surface area is 340 Å². The van der Waals surface area contributed by atoms with Crippen molar-refractivity contribution in [2.45, 2.75) is 55.8 Å². The maximum atomic E-state index is 13.6. The van der Waals surface area contributed by atoms with E-state index in [2.05, 4.69) is 0 Å². The topological polar surface area (TPSA) is 151 Å². The van der Waals surface area contributed by atoms with Gasteiger partial charge in [0.2, 0.25) is 0 Å². The molecule has 0 N–H and O–H groups in total. The number of carbonyl (C=O) groups excluding carboxylic acids is 4. The van der Waals surface area contributed by atoms with Gasteiger partial charge >= 0.3 is 23.9 Å². The minimum Gasteiger partial charge on any atom is -0.459 e. The van der Waals surface area contributed by atoms with Crippen molar-refractivity contribution >= 4 is 23.9 Å². The number of hydrogen-bond acceptors (Lipinski definition) is 13. The van der Waals surface area contributed by atoms with E-state index in [1.54, 1.807) is 121 Å². The largest absolute Gasteiger partial charge is 0.459 e. The van der Waals surface area contributed by atoms with Crippen LogP contribution >= 0.6 is 0 Å². The van der Waals surface area contributed by atoms with Crippen LogP contribution in [-0.4, -0.2) is 93.4 Å². The van der Waals surface area contributed by atoms with E-state index in [0.29, 0.717) is 11.1 Å². The van der Waals surface area contributed by atoms with E-state index in [1.807, 2.05) is 30.3 Å². The molecule has 0 spiro atoms. The third-order valence-electron chi connectivity index (χ3n) is 9.63. The van der Waals surface area contributed by atoms with Gasteiger partial charge in [-0.1, -0.05) is 103 Å². The van der Waals surface area contributed by atoms with Gasteiger partial charge in [0.25, 0.3) is 0 Å². The van der Waals surface area contributed by atoms with Crippen molar-refractivity contribution in [1.82, 2.24) is 0 Å². The second-order valence-electron chi connectivity index (χ2n) is 13.6. The summed E-state index contributed by atoms with van der Waals surface area (Å²) in [7, 11) is 1.38. The molecule has 0 aromatic heterocycles. The monoisotopic (exact) mass is 802 g/mol. The Morgan fingerprint density at radius 1 is 0.458 bits per heavy atom. The highest BCUT2D eigenvalue weighted by atomic mass is 16.8. The lowest BCUT2D eigenvalue weighted by Crippen LogP contribution is -2.46. The van der Waals surface area contributed by atoms with Gasteiger partial charge in [0.1, 0.15) is 31.5 Å². The summed E-state index contributed by atoms with van der Waals surface area (Å²) in [5, 5.41) is 0. The smallest absolute Gasteiger partial charge is 0.338 e. The summed E-state index contributed by atoms with van der Waals surface area (Å²) in [6, 6.07) is 42.8. The van der Waals surface area contributed by atoms with Crippen LogP contribution in [0.1, 0.15) is 47.0 Å². The molecule has 8 atom stereocenters. The number of carbonyl (C=O) groups is 4. The maximum Gasteiger partial charge on any atom is 0.338 e. The van der Waals surface area contributed by atoms with Gasteiger partial charge in [0.05, 0.1) is 28.9 Å². The number of ether oxygens (including phenoxy) is 9. The van der Waals surface area contributed by atoms with E-state index < -0.39 is 73.1 Å². The summed E-state index contributed by atoms with van der Waals surface area (Å²) < 4.78 is 54.9. The fourth-order valence-electron chi connectivity index (χ4n) is 6.64. The lowest BCUT2D eigenvalue weighted by Gasteiger charge is -2.29. The molecule has 59 heavy (non-hydrogen) atoms. The number of hydrogen-bond donors (Lipinski definition) is 0. The highest BCUT2D eigenvalue weighted by Crippen LogP contribution is 2.36. The molecule has 13 heteroatoms. The molecule has 5 aromatic rings. The van der Waals surface area contributed by atoms with Gasteiger partial charge < -0.3 is 42.6 Å². The van der Waals surface area contributed by atoms with Gasteiger partial charge in [-0.2, -0.15) is 0 Å². The van der Waals surface area contributed by atoms with E-state index in [4.69, 9.17) is 42.6 Å². The van der Waals surface area contributed by atoms with Crippen molar-refractivity contribution in [3.63, 3.8) is 0 Å². The van der Waals surface area contributed by atoms with Gasteiger partial charge in [0, 0.05) is 7.11 Å². The van der Waals surface area contributed by atoms with Gasteiger partial charge in [-0.15, -0.1) is 0 Å². The standard InChI is InChI=1S/C46H42O13/c1-51-45-40(38(58-44(50)34-25-15-6-16-26-34)36(55-45)29-54-42(48)32-21-11-4-12-22-32)59-46-39(52-27-30-17-7-2-8-18-30)37(57-43(49)33-23-13-5-14-24-33)35(56-46)28-53-41(47)31-19-9-3-10-20-31/h2-26,35-40,45-46H,27-29H2,1H3/t35-,36-,37-,38-,39+,40+,45+,46+/m1/s1. The minimum atomic E-state index is -1.34. The average Bonchev–Trinajstić information content (AvgIpc) is 3.79. The van der Waals surface area contributed by atoms with Crippen LogP contribution in [0.3, 0.4) is 0 Å². The lowest BCUT2D eigenvalue weighted by molar-refractivity contribution is -0.247. The summed E-state index contributed by atoms with van der Waals surface area (Å²) in [5.74, 6) is -2.63. The minimum absolute atomic E-state index is 0.0456. The van der Waals surface area contributed by atoms with Gasteiger partial charge in [-0.05, 0) is 54.1 Å². The van der Waals surface area contributed by atoms with Crippen LogP contribution in [0.5, 0.6) is 0 Å². The number of esters is 4. The van der Waals surface area contributed by atoms with Crippen LogP contribution in [0.25, 0.3) is 0 Å². The molecule has 0 saturated carbocycles. The zero-order valence-electron chi connectivity index (χ0n) is 32.0. The Balaban J connectivity index is 1.19. The summed E-state index contributed by atoms with van der Waals surface area (Å²) in [4.78, 5) is 53.3. The first-order valence-corrected chi connectivity index (χ1v) is 19.0. The van der Waals surface area contributed by atoms with Crippen molar-refractivity contribution in [3.8, 4) is 0 Å². The molecule has 7 rings (SSSR count). The molecule has 5 aromatic carbocycles. The second kappa shape index (κ2) is 20.0. The molecule has 0 bridgehead atoms. The SMILES string of the molecule is CO[C@H]1O[C@H](COC(=O)c2ccccc2)[C@@H](OC(=O)c2ccccc2)[C@@H]1O[C@@H]1O[C@H](COC(=O)c2ccccc2)[C@@H](OC(=O)c2ccccc2)[C@@H]1OCc1ccccc1. The molecule has 2 fully saturated rings. The molecule has 304 valence electrons. The molecule has 2 aliphatic rings. The second-order valence-corrected chi connectivity index (χ2v) is 13.6. The number of benzene rings is 5. The Kier molecular flexibility index (Phi) is 13.9. The van der Waals surface area contributed by atoms with Crippen LogP contribution in [0, 0.1) is 0 Å². The van der Waals surface area contributed by atoms with Gasteiger partial charge in [-0.3, -0.25) is 0 Å². The average molecular weight is 803 g/mol. The fraction of sp³-hybridized carbons (Fsp3) is 0.261. The first kappa shape index (κ1) is 41.0. The predicted octanol–water partition coefficient (Wildman–Crippen LogP) is 6.22. The predicted molar refractivity (Wildman–Crippen MR) is 209 cm³/mol. The van der Waals surface area contributed by atoms with Crippen LogP contribution in [-0.2, 0) is 49.2 Å².